The Hall–Kier alpha value is -2.85. The second-order valence-corrected chi connectivity index (χ2v) is 9.77. The molecule has 0 radical (unpaired) electrons. The van der Waals surface area contributed by atoms with Crippen LogP contribution in [-0.4, -0.2) is 58.7 Å². The van der Waals surface area contributed by atoms with Gasteiger partial charge in [-0.3, -0.25) is 4.79 Å². The Balaban J connectivity index is 1.51. The average Bonchev–Trinajstić information content (AvgIpc) is 2.83. The van der Waals surface area contributed by atoms with Crippen molar-refractivity contribution in [2.75, 3.05) is 45.3 Å². The number of nitrogens with one attached hydrogen (secondary N) is 1. The van der Waals surface area contributed by atoms with Gasteiger partial charge in [0.1, 0.15) is 18.1 Å². The molecule has 2 aromatic carbocycles. The van der Waals surface area contributed by atoms with E-state index in [4.69, 9.17) is 25.8 Å². The van der Waals surface area contributed by atoms with E-state index in [0.717, 1.165) is 16.9 Å². The lowest BCUT2D eigenvalue weighted by Crippen LogP contribution is -2.40. The molecule has 1 fully saturated rings. The van der Waals surface area contributed by atoms with Crippen LogP contribution in [0.3, 0.4) is 0 Å². The Morgan fingerprint density at radius 3 is 2.73 bits per heavy atom. The van der Waals surface area contributed by atoms with E-state index in [-0.39, 0.29) is 23.7 Å². The smallest absolute Gasteiger partial charge is 0.248 e. The van der Waals surface area contributed by atoms with Crippen molar-refractivity contribution in [1.82, 2.24) is 4.31 Å². The first kappa shape index (κ1) is 23.3. The summed E-state index contributed by atoms with van der Waals surface area (Å²) in [5, 5.41) is 3.29. The van der Waals surface area contributed by atoms with Gasteiger partial charge in [-0.25, -0.2) is 8.42 Å². The first-order valence-corrected chi connectivity index (χ1v) is 12.1. The lowest BCUT2D eigenvalue weighted by atomic mass is 10.1. The van der Waals surface area contributed by atoms with Gasteiger partial charge in [-0.05, 0) is 48.0 Å². The number of hydrogen-bond acceptors (Lipinski definition) is 6. The number of ether oxygens (including phenoxy) is 3. The summed E-state index contributed by atoms with van der Waals surface area (Å²) in [7, 11) is -2.27. The Labute approximate surface area is 197 Å². The zero-order valence-electron chi connectivity index (χ0n) is 17.9. The van der Waals surface area contributed by atoms with Crippen molar-refractivity contribution in [3.8, 4) is 11.5 Å². The molecule has 33 heavy (non-hydrogen) atoms. The molecule has 8 nitrogen and oxygen atoms in total. The highest BCUT2D eigenvalue weighted by Crippen LogP contribution is 2.30. The second-order valence-electron chi connectivity index (χ2n) is 7.39. The number of carbonyl (C=O) groups is 1. The number of amides is 1. The van der Waals surface area contributed by atoms with Crippen LogP contribution < -0.4 is 14.8 Å². The number of fused-ring (bicyclic) bond motifs is 1. The van der Waals surface area contributed by atoms with Crippen LogP contribution in [0.2, 0.25) is 5.02 Å². The highest BCUT2D eigenvalue weighted by atomic mass is 35.5. The highest BCUT2D eigenvalue weighted by Gasteiger charge is 2.27. The van der Waals surface area contributed by atoms with Crippen LogP contribution in [0, 0.1) is 0 Å². The van der Waals surface area contributed by atoms with Crippen LogP contribution in [-0.2, 0) is 19.6 Å². The lowest BCUT2D eigenvalue weighted by Gasteiger charge is -2.26. The van der Waals surface area contributed by atoms with Gasteiger partial charge in [-0.1, -0.05) is 17.7 Å². The third-order valence-electron chi connectivity index (χ3n) is 5.19. The Morgan fingerprint density at radius 1 is 1.18 bits per heavy atom. The molecule has 2 aromatic rings. The van der Waals surface area contributed by atoms with Gasteiger partial charge in [0.15, 0.2) is 0 Å². The summed E-state index contributed by atoms with van der Waals surface area (Å²) < 4.78 is 43.5. The fraction of sp³-hybridized carbons (Fsp3) is 0.261. The van der Waals surface area contributed by atoms with Crippen LogP contribution in [0.4, 0.5) is 5.69 Å². The molecule has 2 aliphatic heterocycles. The van der Waals surface area contributed by atoms with E-state index in [1.807, 2.05) is 6.08 Å². The van der Waals surface area contributed by atoms with Crippen LogP contribution in [0.25, 0.3) is 6.08 Å². The number of hydrogen-bond donors (Lipinski definition) is 1. The molecule has 1 N–H and O–H groups in total. The summed E-state index contributed by atoms with van der Waals surface area (Å²) in [5.41, 5.74) is 1.87. The molecular formula is C23H23ClN2O6S. The summed E-state index contributed by atoms with van der Waals surface area (Å²) in [6, 6.07) is 9.72. The van der Waals surface area contributed by atoms with Gasteiger partial charge in [0, 0.05) is 29.8 Å². The molecule has 0 atom stereocenters. The fourth-order valence-electron chi connectivity index (χ4n) is 3.50. The molecule has 0 aliphatic carbocycles. The van der Waals surface area contributed by atoms with Crippen molar-refractivity contribution >= 4 is 39.3 Å². The first-order chi connectivity index (χ1) is 15.9. The summed E-state index contributed by atoms with van der Waals surface area (Å²) in [5.74, 6) is 0.637. The molecule has 1 amide bonds. The van der Waals surface area contributed by atoms with E-state index >= 15 is 0 Å². The Kier molecular flexibility index (Phi) is 7.04. The lowest BCUT2D eigenvalue weighted by molar-refractivity contribution is -0.111. The largest absolute Gasteiger partial charge is 0.495 e. The molecule has 2 aliphatic rings. The minimum Gasteiger partial charge on any atom is -0.495 e. The third kappa shape index (κ3) is 5.39. The van der Waals surface area contributed by atoms with Crippen molar-refractivity contribution in [2.24, 2.45) is 0 Å². The maximum absolute atomic E-state index is 13.0. The molecule has 0 spiro atoms. The zero-order valence-corrected chi connectivity index (χ0v) is 19.5. The molecule has 174 valence electrons. The van der Waals surface area contributed by atoms with E-state index in [1.54, 1.807) is 24.3 Å². The molecule has 10 heteroatoms. The standard InChI is InChI=1S/C23H23ClN2O6S/c1-30-22-6-4-19(33(28,29)26-8-10-31-11-9-26)14-20(22)25-23(27)7-2-16-12-17-13-18(24)3-5-21(17)32-15-16/h2-7,12-14H,8-11,15H2,1H3,(H,25,27)/b7-2+. The molecule has 1 saturated heterocycles. The van der Waals surface area contributed by atoms with E-state index in [1.165, 1.54) is 35.7 Å². The number of anilines is 1. The quantitative estimate of drug-likeness (QED) is 0.624. The minimum absolute atomic E-state index is 0.0707. The minimum atomic E-state index is -3.71. The number of sulfonamides is 1. The normalized spacial score (nSPS) is 16.6. The van der Waals surface area contributed by atoms with Crippen LogP contribution in [0.5, 0.6) is 11.5 Å². The summed E-state index contributed by atoms with van der Waals surface area (Å²) in [4.78, 5) is 12.6. The first-order valence-electron chi connectivity index (χ1n) is 10.2. The average molecular weight is 491 g/mol. The number of halogens is 1. The molecule has 0 unspecified atom stereocenters. The number of morpholine rings is 1. The van der Waals surface area contributed by atoms with Gasteiger partial charge in [-0.15, -0.1) is 0 Å². The predicted octanol–water partition coefficient (Wildman–Crippen LogP) is 3.34. The monoisotopic (exact) mass is 490 g/mol. The van der Waals surface area contributed by atoms with Crippen molar-refractivity contribution in [1.29, 1.82) is 0 Å². The molecule has 0 aromatic heterocycles. The van der Waals surface area contributed by atoms with E-state index in [2.05, 4.69) is 5.32 Å². The van der Waals surface area contributed by atoms with Gasteiger partial charge in [0.2, 0.25) is 15.9 Å². The van der Waals surface area contributed by atoms with Crippen molar-refractivity contribution < 1.29 is 27.4 Å². The number of carbonyl (C=O) groups excluding carboxylic acids is 1. The van der Waals surface area contributed by atoms with Crippen LogP contribution >= 0.6 is 11.6 Å². The maximum atomic E-state index is 13.0. The topological polar surface area (TPSA) is 94.2 Å². The van der Waals surface area contributed by atoms with Gasteiger partial charge in [0.05, 0.1) is 30.9 Å². The summed E-state index contributed by atoms with van der Waals surface area (Å²) >= 11 is 6.03. The third-order valence-corrected chi connectivity index (χ3v) is 7.32. The van der Waals surface area contributed by atoms with Crippen LogP contribution in [0.1, 0.15) is 5.56 Å². The van der Waals surface area contributed by atoms with E-state index < -0.39 is 15.9 Å². The molecular weight excluding hydrogens is 468 g/mol. The van der Waals surface area contributed by atoms with Crippen molar-refractivity contribution in [3.63, 3.8) is 0 Å². The summed E-state index contributed by atoms with van der Waals surface area (Å²) in [6.07, 6.45) is 4.89. The highest BCUT2D eigenvalue weighted by molar-refractivity contribution is 7.89. The van der Waals surface area contributed by atoms with Crippen molar-refractivity contribution in [3.05, 3.63) is 64.7 Å². The van der Waals surface area contributed by atoms with Gasteiger partial charge < -0.3 is 19.5 Å². The maximum Gasteiger partial charge on any atom is 0.248 e. The second kappa shape index (κ2) is 9.96. The molecule has 2 heterocycles. The molecule has 0 bridgehead atoms. The van der Waals surface area contributed by atoms with Crippen LogP contribution in [0.15, 0.2) is 59.0 Å². The zero-order chi connectivity index (χ0) is 23.4. The van der Waals surface area contributed by atoms with Gasteiger partial charge in [-0.2, -0.15) is 4.31 Å². The number of methoxy groups -OCH3 is 1. The predicted molar refractivity (Wildman–Crippen MR) is 125 cm³/mol. The Morgan fingerprint density at radius 2 is 1.97 bits per heavy atom. The van der Waals surface area contributed by atoms with Gasteiger partial charge >= 0.3 is 0 Å². The van der Waals surface area contributed by atoms with E-state index in [0.29, 0.717) is 30.6 Å². The van der Waals surface area contributed by atoms with Gasteiger partial charge in [0.25, 0.3) is 0 Å². The number of rotatable bonds is 6. The Bertz CT molecular complexity index is 1220. The van der Waals surface area contributed by atoms with E-state index in [9.17, 15) is 13.2 Å². The summed E-state index contributed by atoms with van der Waals surface area (Å²) in [6.45, 7) is 1.57. The fourth-order valence-corrected chi connectivity index (χ4v) is 5.12. The number of nitrogens with zero attached hydrogens (tertiary/aromatic N) is 1. The van der Waals surface area contributed by atoms with Crippen molar-refractivity contribution in [2.45, 2.75) is 4.90 Å². The molecule has 0 saturated carbocycles. The number of benzene rings is 2. The SMILES string of the molecule is COc1ccc(S(=O)(=O)N2CCOCC2)cc1NC(=O)/C=C/C1=Cc2cc(Cl)ccc2OC1. The molecule has 4 rings (SSSR count).